The number of pyridine rings is 1. The van der Waals surface area contributed by atoms with Gasteiger partial charge in [-0.15, -0.1) is 0 Å². The molecular weight excluding hydrogens is 291 g/mol. The van der Waals surface area contributed by atoms with Gasteiger partial charge in [-0.3, -0.25) is 9.88 Å². The monoisotopic (exact) mass is 314 g/mol. The minimum absolute atomic E-state index is 0.169. The van der Waals surface area contributed by atoms with Gasteiger partial charge in [0.1, 0.15) is 5.82 Å². The van der Waals surface area contributed by atoms with Crippen molar-refractivity contribution in [3.05, 3.63) is 65.7 Å². The van der Waals surface area contributed by atoms with E-state index in [4.69, 9.17) is 4.74 Å². The van der Waals surface area contributed by atoms with Gasteiger partial charge in [0.25, 0.3) is 0 Å². The Labute approximate surface area is 137 Å². The van der Waals surface area contributed by atoms with Gasteiger partial charge in [-0.2, -0.15) is 0 Å². The van der Waals surface area contributed by atoms with Crippen LogP contribution in [0, 0.1) is 5.82 Å². The van der Waals surface area contributed by atoms with Crippen molar-refractivity contribution in [2.45, 2.75) is 31.9 Å². The fourth-order valence-electron chi connectivity index (χ4n) is 3.01. The Morgan fingerprint density at radius 2 is 2.17 bits per heavy atom. The van der Waals surface area contributed by atoms with Gasteiger partial charge in [0.15, 0.2) is 0 Å². The van der Waals surface area contributed by atoms with E-state index in [2.05, 4.69) is 9.88 Å². The molecule has 0 N–H and O–H groups in total. The number of ether oxygens (including phenoxy) is 1. The lowest BCUT2D eigenvalue weighted by molar-refractivity contribution is 0.0705. The fourth-order valence-corrected chi connectivity index (χ4v) is 3.01. The van der Waals surface area contributed by atoms with Crippen molar-refractivity contribution in [2.75, 3.05) is 19.7 Å². The Hall–Kier alpha value is -1.78. The van der Waals surface area contributed by atoms with Crippen molar-refractivity contribution in [1.29, 1.82) is 0 Å². The molecule has 1 fully saturated rings. The highest BCUT2D eigenvalue weighted by Gasteiger charge is 2.19. The molecule has 3 nitrogen and oxygen atoms in total. The molecule has 4 heteroatoms. The summed E-state index contributed by atoms with van der Waals surface area (Å²) in [7, 11) is 0. The lowest BCUT2D eigenvalue weighted by Gasteiger charge is -2.25. The van der Waals surface area contributed by atoms with Crippen molar-refractivity contribution in [2.24, 2.45) is 0 Å². The average molecular weight is 314 g/mol. The average Bonchev–Trinajstić information content (AvgIpc) is 3.07. The lowest BCUT2D eigenvalue weighted by Crippen LogP contribution is -2.33. The summed E-state index contributed by atoms with van der Waals surface area (Å²) >= 11 is 0. The summed E-state index contributed by atoms with van der Waals surface area (Å²) in [5, 5.41) is 0. The van der Waals surface area contributed by atoms with Crippen molar-refractivity contribution in [3.8, 4) is 0 Å². The fraction of sp³-hybridized carbons (Fsp3) is 0.421. The van der Waals surface area contributed by atoms with Gasteiger partial charge >= 0.3 is 0 Å². The number of hydrogen-bond donors (Lipinski definition) is 0. The van der Waals surface area contributed by atoms with Crippen molar-refractivity contribution in [1.82, 2.24) is 9.88 Å². The van der Waals surface area contributed by atoms with Crippen LogP contribution in [-0.4, -0.2) is 35.7 Å². The highest BCUT2D eigenvalue weighted by molar-refractivity contribution is 5.16. The predicted octanol–water partition coefficient (Wildman–Crippen LogP) is 3.44. The summed E-state index contributed by atoms with van der Waals surface area (Å²) in [4.78, 5) is 6.78. The third-order valence-corrected chi connectivity index (χ3v) is 4.20. The molecule has 3 rings (SSSR count). The third kappa shape index (κ3) is 5.12. The van der Waals surface area contributed by atoms with E-state index in [0.29, 0.717) is 6.10 Å². The van der Waals surface area contributed by atoms with Crippen LogP contribution < -0.4 is 0 Å². The first-order valence-corrected chi connectivity index (χ1v) is 8.28. The van der Waals surface area contributed by atoms with Gasteiger partial charge < -0.3 is 4.74 Å². The second-order valence-electron chi connectivity index (χ2n) is 6.07. The van der Waals surface area contributed by atoms with E-state index in [1.54, 1.807) is 12.1 Å². The van der Waals surface area contributed by atoms with Crippen LogP contribution >= 0.6 is 0 Å². The van der Waals surface area contributed by atoms with E-state index < -0.39 is 0 Å². The van der Waals surface area contributed by atoms with E-state index in [9.17, 15) is 4.39 Å². The van der Waals surface area contributed by atoms with Gasteiger partial charge in [-0.05, 0) is 49.1 Å². The van der Waals surface area contributed by atoms with Crippen LogP contribution in [0.5, 0.6) is 0 Å². The molecule has 1 aromatic heterocycles. The quantitative estimate of drug-likeness (QED) is 0.783. The SMILES string of the molecule is Fc1cccc(CCN(Cc2ccccn2)C[C@@H]2CCCO2)c1. The highest BCUT2D eigenvalue weighted by atomic mass is 19.1. The van der Waals surface area contributed by atoms with Crippen LogP contribution in [0.15, 0.2) is 48.7 Å². The molecule has 1 aliphatic heterocycles. The van der Waals surface area contributed by atoms with E-state index in [1.807, 2.05) is 30.5 Å². The molecule has 0 bridgehead atoms. The zero-order valence-electron chi connectivity index (χ0n) is 13.3. The maximum absolute atomic E-state index is 13.3. The number of rotatable bonds is 7. The number of benzene rings is 1. The van der Waals surface area contributed by atoms with E-state index in [0.717, 1.165) is 56.8 Å². The molecule has 1 atom stereocenters. The molecule has 122 valence electrons. The number of aromatic nitrogens is 1. The van der Waals surface area contributed by atoms with Gasteiger partial charge in [0, 0.05) is 32.4 Å². The zero-order valence-corrected chi connectivity index (χ0v) is 13.3. The summed E-state index contributed by atoms with van der Waals surface area (Å²) < 4.78 is 19.1. The van der Waals surface area contributed by atoms with E-state index >= 15 is 0 Å². The first-order chi connectivity index (χ1) is 11.3. The lowest BCUT2D eigenvalue weighted by atomic mass is 10.1. The Bertz CT molecular complexity index is 599. The number of nitrogens with zero attached hydrogens (tertiary/aromatic N) is 2. The zero-order chi connectivity index (χ0) is 15.9. The van der Waals surface area contributed by atoms with Crippen molar-refractivity contribution < 1.29 is 9.13 Å². The van der Waals surface area contributed by atoms with Crippen LogP contribution in [-0.2, 0) is 17.7 Å². The standard InChI is InChI=1S/C19H23FN2O/c20-17-6-3-5-16(13-17)9-11-22(15-19-8-4-12-23-19)14-18-7-1-2-10-21-18/h1-3,5-7,10,13,19H,4,8-9,11-12,14-15H2/t19-/m0/s1. The molecule has 0 aliphatic carbocycles. The topological polar surface area (TPSA) is 25.4 Å². The minimum Gasteiger partial charge on any atom is -0.377 e. The van der Waals surface area contributed by atoms with Crippen LogP contribution in [0.25, 0.3) is 0 Å². The molecule has 1 saturated heterocycles. The summed E-state index contributed by atoms with van der Waals surface area (Å²) in [6.45, 7) is 3.45. The Morgan fingerprint density at radius 3 is 2.91 bits per heavy atom. The van der Waals surface area contributed by atoms with Gasteiger partial charge in [0.05, 0.1) is 11.8 Å². The first kappa shape index (κ1) is 16.1. The molecule has 0 amide bonds. The number of halogens is 1. The van der Waals surface area contributed by atoms with Crippen LogP contribution in [0.2, 0.25) is 0 Å². The van der Waals surface area contributed by atoms with Gasteiger partial charge in [-0.1, -0.05) is 18.2 Å². The molecule has 0 saturated carbocycles. The maximum atomic E-state index is 13.3. The molecule has 0 spiro atoms. The summed E-state index contributed by atoms with van der Waals surface area (Å²) in [5.74, 6) is -0.169. The number of hydrogen-bond acceptors (Lipinski definition) is 3. The summed E-state index contributed by atoms with van der Waals surface area (Å²) in [6, 6.07) is 12.8. The molecule has 0 radical (unpaired) electrons. The van der Waals surface area contributed by atoms with Gasteiger partial charge in [0.2, 0.25) is 0 Å². The molecule has 1 aromatic carbocycles. The molecule has 2 heterocycles. The van der Waals surface area contributed by atoms with Crippen LogP contribution in [0.3, 0.4) is 0 Å². The van der Waals surface area contributed by atoms with Gasteiger partial charge in [-0.25, -0.2) is 4.39 Å². The largest absolute Gasteiger partial charge is 0.377 e. The van der Waals surface area contributed by atoms with Crippen molar-refractivity contribution in [3.63, 3.8) is 0 Å². The van der Waals surface area contributed by atoms with Crippen LogP contribution in [0.1, 0.15) is 24.1 Å². The maximum Gasteiger partial charge on any atom is 0.123 e. The predicted molar refractivity (Wildman–Crippen MR) is 88.6 cm³/mol. The summed E-state index contributed by atoms with van der Waals surface area (Å²) in [5.41, 5.74) is 2.09. The van der Waals surface area contributed by atoms with Crippen molar-refractivity contribution >= 4 is 0 Å². The molecule has 23 heavy (non-hydrogen) atoms. The summed E-state index contributed by atoms with van der Waals surface area (Å²) in [6.07, 6.45) is 5.24. The normalized spacial score (nSPS) is 17.7. The van der Waals surface area contributed by atoms with Crippen LogP contribution in [0.4, 0.5) is 4.39 Å². The van der Waals surface area contributed by atoms with E-state index in [-0.39, 0.29) is 5.82 Å². The molecular formula is C19H23FN2O. The first-order valence-electron chi connectivity index (χ1n) is 8.28. The molecule has 1 aliphatic rings. The smallest absolute Gasteiger partial charge is 0.123 e. The third-order valence-electron chi connectivity index (χ3n) is 4.20. The second kappa shape index (κ2) is 8.18. The Morgan fingerprint density at radius 1 is 1.22 bits per heavy atom. The van der Waals surface area contributed by atoms with E-state index in [1.165, 1.54) is 6.07 Å². The highest BCUT2D eigenvalue weighted by Crippen LogP contribution is 2.15. The Kier molecular flexibility index (Phi) is 5.72. The Balaban J connectivity index is 1.61. The second-order valence-corrected chi connectivity index (χ2v) is 6.07. The molecule has 0 unspecified atom stereocenters. The molecule has 2 aromatic rings. The minimum atomic E-state index is -0.169.